The molecule has 2 aromatic carbocycles. The van der Waals surface area contributed by atoms with Gasteiger partial charge < -0.3 is 0 Å². The van der Waals surface area contributed by atoms with Gasteiger partial charge in [0.1, 0.15) is 0 Å². The Hall–Kier alpha value is -1.96. The van der Waals surface area contributed by atoms with Crippen molar-refractivity contribution < 1.29 is 8.42 Å². The average molecular weight is 306 g/mol. The lowest BCUT2D eigenvalue weighted by molar-refractivity contribution is 0.602. The van der Waals surface area contributed by atoms with Gasteiger partial charge in [-0.3, -0.25) is 0 Å². The van der Waals surface area contributed by atoms with Crippen molar-refractivity contribution in [3.05, 3.63) is 65.2 Å². The second kappa shape index (κ2) is 6.00. The molecule has 0 N–H and O–H groups in total. The van der Waals surface area contributed by atoms with E-state index in [0.29, 0.717) is 10.7 Å². The predicted molar refractivity (Wildman–Crippen MR) is 82.1 cm³/mol. The lowest BCUT2D eigenvalue weighted by Gasteiger charge is -2.14. The molecule has 20 heavy (non-hydrogen) atoms. The van der Waals surface area contributed by atoms with Crippen LogP contribution in [0.3, 0.4) is 0 Å². The molecule has 0 heterocycles. The van der Waals surface area contributed by atoms with Crippen molar-refractivity contribution in [1.82, 2.24) is 0 Å². The van der Waals surface area contributed by atoms with Gasteiger partial charge in [0.15, 0.2) is 0 Å². The molecule has 2 aromatic rings. The Kier molecular flexibility index (Phi) is 4.33. The van der Waals surface area contributed by atoms with Crippen molar-refractivity contribution in [2.75, 3.05) is 10.6 Å². The quantitative estimate of drug-likeness (QED) is 0.631. The van der Waals surface area contributed by atoms with Gasteiger partial charge >= 0.3 is 0 Å². The zero-order valence-electron chi connectivity index (χ0n) is 10.7. The zero-order chi connectivity index (χ0) is 14.6. The van der Waals surface area contributed by atoms with Crippen LogP contribution in [0.25, 0.3) is 0 Å². The van der Waals surface area contributed by atoms with E-state index in [1.807, 2.05) is 30.3 Å². The first-order chi connectivity index (χ1) is 9.47. The fraction of sp³-hybridized carbons (Fsp3) is 0.0667. The molecule has 0 bridgehead atoms. The van der Waals surface area contributed by atoms with E-state index in [4.69, 9.17) is 11.6 Å². The lowest BCUT2D eigenvalue weighted by Crippen LogP contribution is -2.24. The molecule has 0 amide bonds. The minimum atomic E-state index is -3.48. The van der Waals surface area contributed by atoms with Gasteiger partial charge in [0.05, 0.1) is 11.9 Å². The molecular formula is C15H12ClNO2S. The van der Waals surface area contributed by atoms with Crippen LogP contribution in [0.4, 0.5) is 5.69 Å². The number of sulfonamides is 1. The highest BCUT2D eigenvalue weighted by molar-refractivity contribution is 7.92. The summed E-state index contributed by atoms with van der Waals surface area (Å²) in [6.07, 6.45) is 1.11. The number of hydrogen-bond acceptors (Lipinski definition) is 2. The summed E-state index contributed by atoms with van der Waals surface area (Å²) in [5.41, 5.74) is 1.20. The highest BCUT2D eigenvalue weighted by Crippen LogP contribution is 2.19. The molecule has 0 spiro atoms. The van der Waals surface area contributed by atoms with E-state index in [0.717, 1.165) is 16.1 Å². The SMILES string of the molecule is CS(=O)(=O)N(C#Cc1ccccc1)c1ccc(Cl)cc1. The molecule has 0 aliphatic heterocycles. The molecule has 102 valence electrons. The van der Waals surface area contributed by atoms with E-state index in [9.17, 15) is 8.42 Å². The second-order valence-corrected chi connectivity index (χ2v) is 6.37. The molecule has 0 aliphatic rings. The molecule has 0 saturated carbocycles. The summed E-state index contributed by atoms with van der Waals surface area (Å²) < 4.78 is 24.7. The lowest BCUT2D eigenvalue weighted by atomic mass is 10.2. The molecular weight excluding hydrogens is 294 g/mol. The Morgan fingerprint density at radius 2 is 1.60 bits per heavy atom. The van der Waals surface area contributed by atoms with Crippen molar-refractivity contribution in [1.29, 1.82) is 0 Å². The molecule has 0 aliphatic carbocycles. The van der Waals surface area contributed by atoms with Crippen LogP contribution in [0.2, 0.25) is 5.02 Å². The summed E-state index contributed by atoms with van der Waals surface area (Å²) in [5.74, 6) is 2.83. The molecule has 0 fully saturated rings. The maximum atomic E-state index is 11.8. The van der Waals surface area contributed by atoms with Crippen LogP contribution >= 0.6 is 11.6 Å². The summed E-state index contributed by atoms with van der Waals surface area (Å²) >= 11 is 5.80. The molecule has 3 nitrogen and oxygen atoms in total. The number of nitrogens with zero attached hydrogens (tertiary/aromatic N) is 1. The van der Waals surface area contributed by atoms with Crippen LogP contribution in [0.15, 0.2) is 54.6 Å². The summed E-state index contributed by atoms with van der Waals surface area (Å²) in [6, 6.07) is 18.3. The summed E-state index contributed by atoms with van der Waals surface area (Å²) in [4.78, 5) is 0. The van der Waals surface area contributed by atoms with E-state index < -0.39 is 10.0 Å². The largest absolute Gasteiger partial charge is 0.243 e. The average Bonchev–Trinajstić information content (AvgIpc) is 2.41. The Bertz CT molecular complexity index is 744. The van der Waals surface area contributed by atoms with Gasteiger partial charge in [0.25, 0.3) is 0 Å². The van der Waals surface area contributed by atoms with Crippen molar-refractivity contribution in [3.8, 4) is 12.0 Å². The van der Waals surface area contributed by atoms with Crippen LogP contribution in [0, 0.1) is 12.0 Å². The van der Waals surface area contributed by atoms with Crippen LogP contribution < -0.4 is 4.31 Å². The minimum absolute atomic E-state index is 0.459. The van der Waals surface area contributed by atoms with Gasteiger partial charge in [-0.15, -0.1) is 0 Å². The summed E-state index contributed by atoms with van der Waals surface area (Å²) in [7, 11) is -3.48. The Balaban J connectivity index is 2.41. The number of rotatable bonds is 2. The van der Waals surface area contributed by atoms with Crippen LogP contribution in [0.5, 0.6) is 0 Å². The molecule has 2 rings (SSSR count). The van der Waals surface area contributed by atoms with Crippen molar-refractivity contribution in [2.45, 2.75) is 0 Å². The topological polar surface area (TPSA) is 37.4 Å². The molecule has 0 unspecified atom stereocenters. The van der Waals surface area contributed by atoms with Gasteiger partial charge in [0, 0.05) is 16.6 Å². The summed E-state index contributed by atoms with van der Waals surface area (Å²) in [6.45, 7) is 0. The van der Waals surface area contributed by atoms with Gasteiger partial charge in [-0.25, -0.2) is 8.42 Å². The molecule has 5 heteroatoms. The maximum Gasteiger partial charge on any atom is 0.243 e. The number of anilines is 1. The van der Waals surface area contributed by atoms with Gasteiger partial charge in [-0.05, 0) is 42.3 Å². The number of halogens is 1. The fourth-order valence-electron chi connectivity index (χ4n) is 1.55. The molecule has 0 aromatic heterocycles. The maximum absolute atomic E-state index is 11.8. The van der Waals surface area contributed by atoms with E-state index >= 15 is 0 Å². The first-order valence-electron chi connectivity index (χ1n) is 5.79. The highest BCUT2D eigenvalue weighted by Gasteiger charge is 2.14. The second-order valence-electron chi connectivity index (χ2n) is 4.11. The molecule has 0 saturated heterocycles. The van der Waals surface area contributed by atoms with Crippen molar-refractivity contribution in [3.63, 3.8) is 0 Å². The van der Waals surface area contributed by atoms with Crippen LogP contribution in [0.1, 0.15) is 5.56 Å². The van der Waals surface area contributed by atoms with Gasteiger partial charge in [-0.2, -0.15) is 4.31 Å². The van der Waals surface area contributed by atoms with Gasteiger partial charge in [0.2, 0.25) is 10.0 Å². The minimum Gasteiger partial charge on any atom is -0.206 e. The molecule has 0 radical (unpaired) electrons. The Morgan fingerprint density at radius 3 is 2.15 bits per heavy atom. The van der Waals surface area contributed by atoms with E-state index in [2.05, 4.69) is 12.0 Å². The smallest absolute Gasteiger partial charge is 0.206 e. The third-order valence-electron chi connectivity index (χ3n) is 2.47. The van der Waals surface area contributed by atoms with Crippen molar-refractivity contribution >= 4 is 27.3 Å². The van der Waals surface area contributed by atoms with Crippen LogP contribution in [-0.2, 0) is 10.0 Å². The van der Waals surface area contributed by atoms with Gasteiger partial charge in [-0.1, -0.05) is 29.8 Å². The Labute approximate surface area is 123 Å². The normalized spacial score (nSPS) is 10.5. The van der Waals surface area contributed by atoms with Crippen molar-refractivity contribution in [2.24, 2.45) is 0 Å². The number of hydrogen-bond donors (Lipinski definition) is 0. The van der Waals surface area contributed by atoms with Crippen LogP contribution in [-0.4, -0.2) is 14.7 Å². The standard InChI is InChI=1S/C15H12ClNO2S/c1-20(18,19)17(15-9-7-14(16)8-10-15)12-11-13-5-3-2-4-6-13/h2-10H,1H3. The fourth-order valence-corrected chi connectivity index (χ4v) is 2.39. The number of benzene rings is 2. The predicted octanol–water partition coefficient (Wildman–Crippen LogP) is 3.12. The first kappa shape index (κ1) is 14.4. The van der Waals surface area contributed by atoms with E-state index in [-0.39, 0.29) is 0 Å². The van der Waals surface area contributed by atoms with E-state index in [1.54, 1.807) is 24.3 Å². The summed E-state index contributed by atoms with van der Waals surface area (Å²) in [5, 5.41) is 0.540. The first-order valence-corrected chi connectivity index (χ1v) is 8.02. The third kappa shape index (κ3) is 3.77. The zero-order valence-corrected chi connectivity index (χ0v) is 12.3. The Morgan fingerprint density at radius 1 is 1.00 bits per heavy atom. The highest BCUT2D eigenvalue weighted by atomic mass is 35.5. The molecule has 0 atom stereocenters. The third-order valence-corrected chi connectivity index (χ3v) is 3.69. The monoisotopic (exact) mass is 305 g/mol. The van der Waals surface area contributed by atoms with E-state index in [1.165, 1.54) is 0 Å².